The molecule has 1 aliphatic rings. The lowest BCUT2D eigenvalue weighted by molar-refractivity contribution is -0.124. The van der Waals surface area contributed by atoms with Crippen LogP contribution in [0, 0.1) is 0 Å². The Hall–Kier alpha value is -1.73. The molecule has 7 nitrogen and oxygen atoms in total. The summed E-state index contributed by atoms with van der Waals surface area (Å²) in [5, 5.41) is 2.03. The largest absolute Gasteiger partial charge is 0.320 e. The molecule has 7 heteroatoms. The third-order valence-corrected chi connectivity index (χ3v) is 1.98. The van der Waals surface area contributed by atoms with Gasteiger partial charge in [0, 0.05) is 12.2 Å². The standard InChI is InChI=1S/C6H15N3O.C4H3NO2/c1-2-3-4-5(7)6(10)9-8;6-3-1-2-4(7)5-3/h5H,2-4,7-8H2,1H3,(H,9,10);1-2H,(H,5,6,7). The lowest BCUT2D eigenvalue weighted by Gasteiger charge is -2.07. The molecule has 0 aromatic rings. The Morgan fingerprint density at radius 2 is 1.94 bits per heavy atom. The zero-order valence-electron chi connectivity index (χ0n) is 9.73. The first-order valence-corrected chi connectivity index (χ1v) is 5.30. The van der Waals surface area contributed by atoms with Gasteiger partial charge in [-0.25, -0.2) is 5.84 Å². The van der Waals surface area contributed by atoms with Crippen molar-refractivity contribution in [1.29, 1.82) is 0 Å². The Labute approximate surface area is 99.6 Å². The number of nitrogens with two attached hydrogens (primary N) is 2. The molecule has 0 bridgehead atoms. The zero-order chi connectivity index (χ0) is 13.3. The number of hydrazine groups is 1. The van der Waals surface area contributed by atoms with Gasteiger partial charge in [0.05, 0.1) is 6.04 Å². The monoisotopic (exact) mass is 242 g/mol. The van der Waals surface area contributed by atoms with Crippen LogP contribution in [0.15, 0.2) is 12.2 Å². The Morgan fingerprint density at radius 3 is 2.24 bits per heavy atom. The van der Waals surface area contributed by atoms with Crippen LogP contribution in [0.3, 0.4) is 0 Å². The summed E-state index contributed by atoms with van der Waals surface area (Å²) in [4.78, 5) is 30.7. The van der Waals surface area contributed by atoms with Crippen molar-refractivity contribution in [3.63, 3.8) is 0 Å². The topological polar surface area (TPSA) is 127 Å². The molecule has 1 aliphatic heterocycles. The van der Waals surface area contributed by atoms with Crippen LogP contribution in [0.2, 0.25) is 0 Å². The van der Waals surface area contributed by atoms with Crippen molar-refractivity contribution in [3.05, 3.63) is 12.2 Å². The fraction of sp³-hybridized carbons (Fsp3) is 0.500. The molecule has 0 fully saturated rings. The summed E-state index contributed by atoms with van der Waals surface area (Å²) in [6.07, 6.45) is 5.12. The Morgan fingerprint density at radius 1 is 1.41 bits per heavy atom. The molecular formula is C10H18N4O3. The first kappa shape index (κ1) is 15.3. The van der Waals surface area contributed by atoms with Crippen LogP contribution in [0.25, 0.3) is 0 Å². The van der Waals surface area contributed by atoms with Crippen molar-refractivity contribution in [2.75, 3.05) is 0 Å². The predicted octanol–water partition coefficient (Wildman–Crippen LogP) is -1.31. The molecule has 0 saturated heterocycles. The molecule has 0 radical (unpaired) electrons. The SMILES string of the molecule is CCCCC(N)C(=O)NN.O=C1C=CC(=O)N1. The molecule has 0 aromatic carbocycles. The van der Waals surface area contributed by atoms with Gasteiger partial charge in [-0.1, -0.05) is 19.8 Å². The van der Waals surface area contributed by atoms with E-state index in [0.29, 0.717) is 6.42 Å². The molecule has 3 amide bonds. The quantitative estimate of drug-likeness (QED) is 0.211. The molecule has 1 unspecified atom stereocenters. The minimum atomic E-state index is -0.440. The highest BCUT2D eigenvalue weighted by molar-refractivity contribution is 6.12. The summed E-state index contributed by atoms with van der Waals surface area (Å²) >= 11 is 0. The number of hydrogen-bond acceptors (Lipinski definition) is 5. The minimum absolute atomic E-state index is 0.284. The fourth-order valence-electron chi connectivity index (χ4n) is 1.02. The maximum atomic E-state index is 10.7. The summed E-state index contributed by atoms with van der Waals surface area (Å²) < 4.78 is 0. The zero-order valence-corrected chi connectivity index (χ0v) is 9.73. The molecule has 1 rings (SSSR count). The fourth-order valence-corrected chi connectivity index (χ4v) is 1.02. The highest BCUT2D eigenvalue weighted by atomic mass is 16.2. The summed E-state index contributed by atoms with van der Waals surface area (Å²) in [5.41, 5.74) is 7.43. The molecule has 0 saturated carbocycles. The van der Waals surface area contributed by atoms with Gasteiger partial charge in [0.1, 0.15) is 0 Å². The number of carbonyl (C=O) groups is 3. The summed E-state index contributed by atoms with van der Waals surface area (Å²) in [6, 6.07) is -0.440. The van der Waals surface area contributed by atoms with E-state index < -0.39 is 6.04 Å². The molecule has 0 aromatic heterocycles. The second-order valence-electron chi connectivity index (χ2n) is 3.44. The van der Waals surface area contributed by atoms with Crippen molar-refractivity contribution < 1.29 is 14.4 Å². The van der Waals surface area contributed by atoms with Crippen LogP contribution in [0.5, 0.6) is 0 Å². The average Bonchev–Trinajstić information content (AvgIpc) is 2.69. The highest BCUT2D eigenvalue weighted by Gasteiger charge is 2.09. The molecule has 96 valence electrons. The summed E-state index contributed by atoms with van der Waals surface area (Å²) in [6.45, 7) is 2.05. The summed E-state index contributed by atoms with van der Waals surface area (Å²) in [7, 11) is 0. The lowest BCUT2D eigenvalue weighted by Crippen LogP contribution is -2.43. The number of hydrogen-bond donors (Lipinski definition) is 4. The van der Waals surface area contributed by atoms with E-state index in [4.69, 9.17) is 11.6 Å². The van der Waals surface area contributed by atoms with E-state index in [1.54, 1.807) is 0 Å². The van der Waals surface area contributed by atoms with Gasteiger partial charge in [-0.2, -0.15) is 0 Å². The third-order valence-electron chi connectivity index (χ3n) is 1.98. The van der Waals surface area contributed by atoms with Gasteiger partial charge in [-0.15, -0.1) is 0 Å². The molecule has 0 spiro atoms. The number of unbranched alkanes of at least 4 members (excludes halogenated alkanes) is 1. The smallest absolute Gasteiger partial charge is 0.250 e. The van der Waals surface area contributed by atoms with Crippen LogP contribution >= 0.6 is 0 Å². The van der Waals surface area contributed by atoms with Crippen LogP contribution in [-0.2, 0) is 14.4 Å². The number of imide groups is 1. The Bertz CT molecular complexity index is 299. The van der Waals surface area contributed by atoms with E-state index in [0.717, 1.165) is 12.8 Å². The maximum absolute atomic E-state index is 10.7. The number of amides is 3. The van der Waals surface area contributed by atoms with Gasteiger partial charge in [0.15, 0.2) is 0 Å². The first-order valence-electron chi connectivity index (χ1n) is 5.30. The van der Waals surface area contributed by atoms with Crippen LogP contribution in [0.1, 0.15) is 26.2 Å². The number of rotatable bonds is 4. The normalized spacial score (nSPS) is 14.8. The van der Waals surface area contributed by atoms with Crippen molar-refractivity contribution in [1.82, 2.24) is 10.7 Å². The minimum Gasteiger partial charge on any atom is -0.320 e. The van der Waals surface area contributed by atoms with Gasteiger partial charge in [-0.05, 0) is 6.42 Å². The molecule has 1 heterocycles. The van der Waals surface area contributed by atoms with Crippen molar-refractivity contribution in [2.24, 2.45) is 11.6 Å². The van der Waals surface area contributed by atoms with Crippen LogP contribution in [-0.4, -0.2) is 23.8 Å². The molecule has 6 N–H and O–H groups in total. The van der Waals surface area contributed by atoms with Crippen LogP contribution < -0.4 is 22.3 Å². The number of carbonyl (C=O) groups excluding carboxylic acids is 3. The molecule has 0 aliphatic carbocycles. The Kier molecular flexibility index (Phi) is 7.57. The highest BCUT2D eigenvalue weighted by Crippen LogP contribution is 1.96. The first-order chi connectivity index (χ1) is 8.01. The summed E-state index contributed by atoms with van der Waals surface area (Å²) in [5.74, 6) is 3.92. The maximum Gasteiger partial charge on any atom is 0.250 e. The Balaban J connectivity index is 0.000000318. The van der Waals surface area contributed by atoms with Crippen molar-refractivity contribution in [3.8, 4) is 0 Å². The van der Waals surface area contributed by atoms with Gasteiger partial charge >= 0.3 is 0 Å². The molecular weight excluding hydrogens is 224 g/mol. The van der Waals surface area contributed by atoms with Crippen molar-refractivity contribution >= 4 is 17.7 Å². The van der Waals surface area contributed by atoms with Gasteiger partial charge in [-0.3, -0.25) is 25.1 Å². The van der Waals surface area contributed by atoms with E-state index >= 15 is 0 Å². The lowest BCUT2D eigenvalue weighted by atomic mass is 10.1. The second kappa shape index (κ2) is 8.43. The van der Waals surface area contributed by atoms with E-state index in [1.165, 1.54) is 12.2 Å². The van der Waals surface area contributed by atoms with Gasteiger partial charge in [0.25, 0.3) is 17.7 Å². The third kappa shape index (κ3) is 7.20. The molecule has 1 atom stereocenters. The van der Waals surface area contributed by atoms with Crippen molar-refractivity contribution in [2.45, 2.75) is 32.2 Å². The number of nitrogens with one attached hydrogen (secondary N) is 2. The second-order valence-corrected chi connectivity index (χ2v) is 3.44. The van der Waals surface area contributed by atoms with Crippen LogP contribution in [0.4, 0.5) is 0 Å². The predicted molar refractivity (Wildman–Crippen MR) is 62.1 cm³/mol. The van der Waals surface area contributed by atoms with Gasteiger partial charge < -0.3 is 5.73 Å². The van der Waals surface area contributed by atoms with E-state index in [9.17, 15) is 14.4 Å². The van der Waals surface area contributed by atoms with E-state index in [-0.39, 0.29) is 17.7 Å². The molecule has 17 heavy (non-hydrogen) atoms. The van der Waals surface area contributed by atoms with Gasteiger partial charge in [0.2, 0.25) is 0 Å². The average molecular weight is 242 g/mol. The van der Waals surface area contributed by atoms with E-state index in [1.807, 2.05) is 17.7 Å². The van der Waals surface area contributed by atoms with E-state index in [2.05, 4.69) is 0 Å².